The summed E-state index contributed by atoms with van der Waals surface area (Å²) in [5, 5.41) is 48.8. The van der Waals surface area contributed by atoms with E-state index >= 15 is 0 Å². The van der Waals surface area contributed by atoms with E-state index in [9.17, 15) is 25.5 Å². The van der Waals surface area contributed by atoms with Crippen LogP contribution in [-0.4, -0.2) is 63.2 Å². The molecule has 0 spiro atoms. The van der Waals surface area contributed by atoms with E-state index in [-0.39, 0.29) is 0 Å². The lowest BCUT2D eigenvalue weighted by Gasteiger charge is -2.42. The Bertz CT molecular complexity index is 404. The van der Waals surface area contributed by atoms with Gasteiger partial charge >= 0.3 is 0 Å². The molecule has 19 heavy (non-hydrogen) atoms. The van der Waals surface area contributed by atoms with Crippen molar-refractivity contribution in [2.75, 3.05) is 7.11 Å². The van der Waals surface area contributed by atoms with Crippen molar-refractivity contribution in [1.82, 2.24) is 0 Å². The fourth-order valence-electron chi connectivity index (χ4n) is 2.45. The Morgan fingerprint density at radius 3 is 1.58 bits per heavy atom. The summed E-state index contributed by atoms with van der Waals surface area (Å²) >= 11 is 0. The van der Waals surface area contributed by atoms with Crippen LogP contribution < -0.4 is 4.74 Å². The minimum atomic E-state index is -1.57. The second-order valence-electron chi connectivity index (χ2n) is 4.75. The van der Waals surface area contributed by atoms with E-state index < -0.39 is 36.4 Å². The Morgan fingerprint density at radius 2 is 1.16 bits per heavy atom. The lowest BCUT2D eigenvalue weighted by atomic mass is 9.75. The SMILES string of the molecule is COc1ccc(C2[C@@H](O)[C@H](O)C(O)[C@H](O)[C@@H]2O)cc1. The van der Waals surface area contributed by atoms with Gasteiger partial charge in [0.2, 0.25) is 0 Å². The highest BCUT2D eigenvalue weighted by molar-refractivity contribution is 5.32. The van der Waals surface area contributed by atoms with Crippen LogP contribution in [0.25, 0.3) is 0 Å². The zero-order chi connectivity index (χ0) is 14.2. The fourth-order valence-corrected chi connectivity index (χ4v) is 2.45. The summed E-state index contributed by atoms with van der Waals surface area (Å²) in [5.74, 6) is -0.260. The van der Waals surface area contributed by atoms with Gasteiger partial charge < -0.3 is 30.3 Å². The highest BCUT2D eigenvalue weighted by Crippen LogP contribution is 2.34. The van der Waals surface area contributed by atoms with E-state index in [1.807, 2.05) is 0 Å². The largest absolute Gasteiger partial charge is 0.497 e. The highest BCUT2D eigenvalue weighted by atomic mass is 16.5. The predicted octanol–water partition coefficient (Wildman–Crippen LogP) is -1.40. The third-order valence-corrected chi connectivity index (χ3v) is 3.64. The maximum Gasteiger partial charge on any atom is 0.118 e. The minimum Gasteiger partial charge on any atom is -0.497 e. The molecule has 1 aliphatic rings. The molecule has 0 radical (unpaired) electrons. The molecule has 0 aromatic heterocycles. The van der Waals surface area contributed by atoms with Gasteiger partial charge in [0.05, 0.1) is 19.3 Å². The first kappa shape index (κ1) is 14.2. The van der Waals surface area contributed by atoms with Gasteiger partial charge in [0.25, 0.3) is 0 Å². The number of benzene rings is 1. The molecule has 1 fully saturated rings. The molecule has 0 heterocycles. The summed E-state index contributed by atoms with van der Waals surface area (Å²) in [7, 11) is 1.52. The molecule has 0 saturated heterocycles. The lowest BCUT2D eigenvalue weighted by molar-refractivity contribution is -0.187. The number of rotatable bonds is 2. The van der Waals surface area contributed by atoms with Gasteiger partial charge in [-0.25, -0.2) is 0 Å². The average Bonchev–Trinajstić information content (AvgIpc) is 2.44. The summed E-state index contributed by atoms with van der Waals surface area (Å²) in [6, 6.07) is 6.57. The molecule has 6 heteroatoms. The molecule has 5 N–H and O–H groups in total. The van der Waals surface area contributed by atoms with Crippen molar-refractivity contribution >= 4 is 0 Å². The van der Waals surface area contributed by atoms with Gasteiger partial charge in [-0.2, -0.15) is 0 Å². The van der Waals surface area contributed by atoms with Gasteiger partial charge in [0.1, 0.15) is 24.1 Å². The molecule has 1 saturated carbocycles. The second kappa shape index (κ2) is 5.44. The maximum absolute atomic E-state index is 9.96. The quantitative estimate of drug-likeness (QED) is 0.452. The van der Waals surface area contributed by atoms with Crippen molar-refractivity contribution in [2.24, 2.45) is 0 Å². The van der Waals surface area contributed by atoms with E-state index in [1.54, 1.807) is 24.3 Å². The van der Waals surface area contributed by atoms with Crippen molar-refractivity contribution in [2.45, 2.75) is 36.4 Å². The van der Waals surface area contributed by atoms with Crippen LogP contribution in [0.15, 0.2) is 24.3 Å². The Kier molecular flexibility index (Phi) is 4.07. The molecular formula is C13H18O6. The summed E-state index contributed by atoms with van der Waals surface area (Å²) in [6.45, 7) is 0. The first-order chi connectivity index (χ1) is 8.97. The zero-order valence-electron chi connectivity index (χ0n) is 10.4. The van der Waals surface area contributed by atoms with E-state index in [1.165, 1.54) is 7.11 Å². The topological polar surface area (TPSA) is 110 Å². The molecule has 106 valence electrons. The molecule has 0 aliphatic heterocycles. The number of aliphatic hydroxyl groups is 5. The Labute approximate surface area is 110 Å². The summed E-state index contributed by atoms with van der Waals surface area (Å²) in [4.78, 5) is 0. The second-order valence-corrected chi connectivity index (χ2v) is 4.75. The molecular weight excluding hydrogens is 252 g/mol. The van der Waals surface area contributed by atoms with Crippen molar-refractivity contribution in [3.8, 4) is 5.75 Å². The number of methoxy groups -OCH3 is 1. The molecule has 1 aliphatic carbocycles. The maximum atomic E-state index is 9.96. The van der Waals surface area contributed by atoms with Gasteiger partial charge in [-0.3, -0.25) is 0 Å². The number of hydrogen-bond donors (Lipinski definition) is 5. The van der Waals surface area contributed by atoms with Gasteiger partial charge in [0.15, 0.2) is 0 Å². The predicted molar refractivity (Wildman–Crippen MR) is 65.8 cm³/mol. The number of hydrogen-bond acceptors (Lipinski definition) is 6. The molecule has 1 aromatic rings. The van der Waals surface area contributed by atoms with Crippen LogP contribution in [0.5, 0.6) is 5.75 Å². The molecule has 1 aromatic carbocycles. The number of ether oxygens (including phenoxy) is 1. The van der Waals surface area contributed by atoms with Crippen LogP contribution in [0.4, 0.5) is 0 Å². The molecule has 0 amide bonds. The standard InChI is InChI=1S/C13H18O6/c1-19-7-4-2-6(3-5-7)8-9(14)11(16)13(18)12(17)10(8)15/h2-5,8-18H,1H3/t8?,9-,10-,11-,12+,13?/m1/s1. The molecule has 6 nitrogen and oxygen atoms in total. The average molecular weight is 270 g/mol. The Morgan fingerprint density at radius 1 is 0.737 bits per heavy atom. The molecule has 2 unspecified atom stereocenters. The number of aliphatic hydroxyl groups excluding tert-OH is 5. The fraction of sp³-hybridized carbons (Fsp3) is 0.538. The Balaban J connectivity index is 2.30. The molecule has 2 rings (SSSR count). The van der Waals surface area contributed by atoms with E-state index in [0.717, 1.165) is 0 Å². The van der Waals surface area contributed by atoms with Crippen LogP contribution >= 0.6 is 0 Å². The van der Waals surface area contributed by atoms with Crippen LogP contribution in [0.2, 0.25) is 0 Å². The van der Waals surface area contributed by atoms with Crippen molar-refractivity contribution in [3.05, 3.63) is 29.8 Å². The first-order valence-corrected chi connectivity index (χ1v) is 6.01. The zero-order valence-corrected chi connectivity index (χ0v) is 10.4. The van der Waals surface area contributed by atoms with Gasteiger partial charge in [-0.15, -0.1) is 0 Å². The summed E-state index contributed by atoms with van der Waals surface area (Å²) < 4.78 is 5.01. The van der Waals surface area contributed by atoms with Crippen molar-refractivity contribution in [3.63, 3.8) is 0 Å². The third kappa shape index (κ3) is 2.45. The van der Waals surface area contributed by atoms with Gasteiger partial charge in [-0.1, -0.05) is 12.1 Å². The van der Waals surface area contributed by atoms with Crippen LogP contribution in [0.3, 0.4) is 0 Å². The van der Waals surface area contributed by atoms with Crippen molar-refractivity contribution in [1.29, 1.82) is 0 Å². The summed E-state index contributed by atoms with van der Waals surface area (Å²) in [6.07, 6.45) is -7.31. The van der Waals surface area contributed by atoms with Crippen molar-refractivity contribution < 1.29 is 30.3 Å². The molecule has 0 bridgehead atoms. The Hall–Kier alpha value is -1.18. The third-order valence-electron chi connectivity index (χ3n) is 3.64. The van der Waals surface area contributed by atoms with E-state index in [2.05, 4.69) is 0 Å². The summed E-state index contributed by atoms with van der Waals surface area (Å²) in [5.41, 5.74) is 0.547. The first-order valence-electron chi connectivity index (χ1n) is 6.01. The van der Waals surface area contributed by atoms with Gasteiger partial charge in [-0.05, 0) is 17.7 Å². The van der Waals surface area contributed by atoms with Crippen LogP contribution in [0.1, 0.15) is 11.5 Å². The van der Waals surface area contributed by atoms with Crippen LogP contribution in [0, 0.1) is 0 Å². The van der Waals surface area contributed by atoms with E-state index in [0.29, 0.717) is 11.3 Å². The van der Waals surface area contributed by atoms with Crippen LogP contribution in [-0.2, 0) is 0 Å². The highest BCUT2D eigenvalue weighted by Gasteiger charge is 2.48. The normalized spacial score (nSPS) is 39.1. The molecule has 6 atom stereocenters. The lowest BCUT2D eigenvalue weighted by Crippen LogP contribution is -2.59. The van der Waals surface area contributed by atoms with Gasteiger partial charge in [0, 0.05) is 5.92 Å². The smallest absolute Gasteiger partial charge is 0.118 e. The minimum absolute atomic E-state index is 0.547. The van der Waals surface area contributed by atoms with E-state index in [4.69, 9.17) is 4.74 Å². The monoisotopic (exact) mass is 270 g/mol.